The van der Waals surface area contributed by atoms with Crippen molar-refractivity contribution in [2.45, 2.75) is 6.36 Å². The summed E-state index contributed by atoms with van der Waals surface area (Å²) in [6, 6.07) is 5.04. The highest BCUT2D eigenvalue weighted by atomic mass is 35.5. The summed E-state index contributed by atoms with van der Waals surface area (Å²) in [5.74, 6) is -2.43. The minimum atomic E-state index is -4.90. The van der Waals surface area contributed by atoms with Crippen LogP contribution in [0.15, 0.2) is 30.3 Å². The van der Waals surface area contributed by atoms with Gasteiger partial charge in [-0.15, -0.1) is 13.2 Å². The highest BCUT2D eigenvalue weighted by Crippen LogP contribution is 2.36. The first-order valence-electron chi connectivity index (χ1n) is 6.96. The van der Waals surface area contributed by atoms with Gasteiger partial charge in [-0.1, -0.05) is 23.2 Å². The number of carbonyl (C=O) groups is 1. The summed E-state index contributed by atoms with van der Waals surface area (Å²) in [6.07, 6.45) is -4.90. The lowest BCUT2D eigenvalue weighted by Gasteiger charge is -2.13. The number of halogens is 6. The molecule has 0 aliphatic rings. The molecular weight excluding hydrogens is 435 g/mol. The van der Waals surface area contributed by atoms with Crippen LogP contribution in [-0.2, 0) is 0 Å². The molecule has 146 valence electrons. The molecule has 0 aromatic heterocycles. The molecule has 0 fully saturated rings. The van der Waals surface area contributed by atoms with E-state index in [0.717, 1.165) is 42.5 Å². The molecule has 0 saturated heterocycles. The van der Waals surface area contributed by atoms with Crippen molar-refractivity contribution in [1.29, 1.82) is 0 Å². The van der Waals surface area contributed by atoms with Crippen LogP contribution < -0.4 is 18.9 Å². The number of benzene rings is 2. The first kappa shape index (κ1) is 21.4. The summed E-state index contributed by atoms with van der Waals surface area (Å²) in [5, 5.41) is -0.468. The van der Waals surface area contributed by atoms with E-state index < -0.39 is 23.8 Å². The molecule has 2 aromatic rings. The molecule has 0 saturated carbocycles. The molecule has 0 radical (unpaired) electrons. The summed E-state index contributed by atoms with van der Waals surface area (Å²) in [5.41, 5.74) is -0.318. The Morgan fingerprint density at radius 1 is 1.11 bits per heavy atom. The quantitative estimate of drug-likeness (QED) is 0.465. The summed E-state index contributed by atoms with van der Waals surface area (Å²) in [7, 11) is 1.56. The van der Waals surface area contributed by atoms with Gasteiger partial charge < -0.3 is 9.47 Å². The van der Waals surface area contributed by atoms with Gasteiger partial charge in [-0.3, -0.25) is 9.52 Å². The molecule has 0 aliphatic heterocycles. The first-order valence-corrected chi connectivity index (χ1v) is 8.53. The zero-order valence-electron chi connectivity index (χ0n) is 13.3. The zero-order valence-corrected chi connectivity index (χ0v) is 15.6. The molecule has 0 spiro atoms. The van der Waals surface area contributed by atoms with Gasteiger partial charge >= 0.3 is 6.36 Å². The second-order valence-electron chi connectivity index (χ2n) is 4.74. The zero-order chi connectivity index (χ0) is 20.2. The van der Waals surface area contributed by atoms with Crippen LogP contribution >= 0.6 is 35.3 Å². The Morgan fingerprint density at radius 2 is 1.78 bits per heavy atom. The smallest absolute Gasteiger partial charge is 0.456 e. The second-order valence-corrected chi connectivity index (χ2v) is 6.37. The van der Waals surface area contributed by atoms with Crippen molar-refractivity contribution in [2.75, 3.05) is 7.05 Å². The summed E-state index contributed by atoms with van der Waals surface area (Å²) >= 11 is 12.5. The van der Waals surface area contributed by atoms with Gasteiger partial charge in [-0.05, 0) is 25.2 Å². The van der Waals surface area contributed by atoms with Crippen molar-refractivity contribution in [3.8, 4) is 17.2 Å². The van der Waals surface area contributed by atoms with Crippen LogP contribution in [0.25, 0.3) is 0 Å². The fourth-order valence-corrected chi connectivity index (χ4v) is 2.53. The Bertz CT molecular complexity index is 853. The Morgan fingerprint density at radius 3 is 2.37 bits per heavy atom. The molecule has 1 amide bonds. The summed E-state index contributed by atoms with van der Waals surface area (Å²) in [4.78, 5) is 11.8. The average Bonchev–Trinajstić information content (AvgIpc) is 2.57. The van der Waals surface area contributed by atoms with Crippen molar-refractivity contribution >= 4 is 41.2 Å². The van der Waals surface area contributed by atoms with Gasteiger partial charge in [-0.2, -0.15) is 0 Å². The molecule has 0 unspecified atom stereocenters. The normalized spacial score (nSPS) is 11.2. The third-order valence-electron chi connectivity index (χ3n) is 2.87. The van der Waals surface area contributed by atoms with E-state index in [1.165, 1.54) is 0 Å². The lowest BCUT2D eigenvalue weighted by atomic mass is 10.2. The molecule has 2 N–H and O–H groups in total. The van der Waals surface area contributed by atoms with Gasteiger partial charge in [0.15, 0.2) is 0 Å². The van der Waals surface area contributed by atoms with Gasteiger partial charge in [-0.25, -0.2) is 9.11 Å². The fourth-order valence-electron chi connectivity index (χ4n) is 1.81. The molecule has 0 heterocycles. The van der Waals surface area contributed by atoms with Crippen LogP contribution in [0.2, 0.25) is 10.0 Å². The topological polar surface area (TPSA) is 59.6 Å². The standard InChI is InChI=1S/C15H10Cl2F4N2O3S/c1-22-27-23-14(24)8-5-10(17)13(6-11(8)18)25-7-2-3-12(9(16)4-7)26-15(19,20)21/h2-6,22H,1H3,(H,23,24). The molecule has 27 heavy (non-hydrogen) atoms. The number of hydrogen-bond donors (Lipinski definition) is 2. The van der Waals surface area contributed by atoms with Crippen LogP contribution in [0, 0.1) is 5.82 Å². The third-order valence-corrected chi connectivity index (χ3v) is 3.95. The highest BCUT2D eigenvalue weighted by molar-refractivity contribution is 7.96. The van der Waals surface area contributed by atoms with E-state index in [0.29, 0.717) is 0 Å². The Balaban J connectivity index is 2.21. The minimum absolute atomic E-state index is 0.0150. The second kappa shape index (κ2) is 8.87. The van der Waals surface area contributed by atoms with Gasteiger partial charge in [0.05, 0.1) is 15.6 Å². The first-order chi connectivity index (χ1) is 12.6. The number of amides is 1. The van der Waals surface area contributed by atoms with E-state index >= 15 is 0 Å². The maximum absolute atomic E-state index is 14.1. The highest BCUT2D eigenvalue weighted by Gasteiger charge is 2.32. The van der Waals surface area contributed by atoms with Crippen LogP contribution in [-0.4, -0.2) is 19.3 Å². The van der Waals surface area contributed by atoms with E-state index in [9.17, 15) is 22.4 Å². The largest absolute Gasteiger partial charge is 0.573 e. The molecule has 0 bridgehead atoms. The van der Waals surface area contributed by atoms with Crippen molar-refractivity contribution in [3.63, 3.8) is 0 Å². The summed E-state index contributed by atoms with van der Waals surface area (Å²) < 4.78 is 64.8. The molecule has 0 aliphatic carbocycles. The van der Waals surface area contributed by atoms with Gasteiger partial charge in [0.2, 0.25) is 0 Å². The number of ether oxygens (including phenoxy) is 2. The van der Waals surface area contributed by atoms with Crippen molar-refractivity contribution < 1.29 is 31.8 Å². The van der Waals surface area contributed by atoms with E-state index in [-0.39, 0.29) is 27.1 Å². The Hall–Kier alpha value is -1.88. The molecule has 2 rings (SSSR count). The lowest BCUT2D eigenvalue weighted by Crippen LogP contribution is -2.20. The average molecular weight is 445 g/mol. The van der Waals surface area contributed by atoms with E-state index in [2.05, 4.69) is 14.2 Å². The molecule has 5 nitrogen and oxygen atoms in total. The number of carbonyl (C=O) groups excluding carboxylic acids is 1. The molecular formula is C15H10Cl2F4N2O3S. The predicted octanol–water partition coefficient (Wildman–Crippen LogP) is 5.34. The maximum Gasteiger partial charge on any atom is 0.573 e. The van der Waals surface area contributed by atoms with Crippen molar-refractivity contribution in [1.82, 2.24) is 9.44 Å². The number of alkyl halides is 3. The Kier molecular flexibility index (Phi) is 7.04. The SMILES string of the molecule is CNSNC(=O)c1cc(Cl)c(Oc2ccc(OC(F)(F)F)c(Cl)c2)cc1F. The van der Waals surface area contributed by atoms with Gasteiger partial charge in [0.1, 0.15) is 23.1 Å². The van der Waals surface area contributed by atoms with Crippen molar-refractivity contribution in [3.05, 3.63) is 51.8 Å². The van der Waals surface area contributed by atoms with Crippen LogP contribution in [0.1, 0.15) is 10.4 Å². The van der Waals surface area contributed by atoms with Crippen LogP contribution in [0.5, 0.6) is 17.2 Å². The monoisotopic (exact) mass is 444 g/mol. The molecule has 0 atom stereocenters. The number of nitrogens with one attached hydrogen (secondary N) is 2. The van der Waals surface area contributed by atoms with E-state index in [4.69, 9.17) is 27.9 Å². The number of rotatable bonds is 6. The van der Waals surface area contributed by atoms with E-state index in [1.807, 2.05) is 0 Å². The molecule has 12 heteroatoms. The minimum Gasteiger partial charge on any atom is -0.456 e. The third kappa shape index (κ3) is 6.06. The fraction of sp³-hybridized carbons (Fsp3) is 0.133. The summed E-state index contributed by atoms with van der Waals surface area (Å²) in [6.45, 7) is 0. The van der Waals surface area contributed by atoms with Crippen molar-refractivity contribution in [2.24, 2.45) is 0 Å². The van der Waals surface area contributed by atoms with E-state index in [1.54, 1.807) is 7.05 Å². The maximum atomic E-state index is 14.1. The predicted molar refractivity (Wildman–Crippen MR) is 93.7 cm³/mol. The Labute approximate surface area is 165 Å². The van der Waals surface area contributed by atoms with Gasteiger partial charge in [0.25, 0.3) is 5.91 Å². The van der Waals surface area contributed by atoms with Crippen LogP contribution in [0.3, 0.4) is 0 Å². The van der Waals surface area contributed by atoms with Crippen LogP contribution in [0.4, 0.5) is 17.6 Å². The lowest BCUT2D eigenvalue weighted by molar-refractivity contribution is -0.274. The van der Waals surface area contributed by atoms with Gasteiger partial charge in [0, 0.05) is 24.3 Å². The number of hydrogen-bond acceptors (Lipinski definition) is 5. The molecule has 2 aromatic carbocycles.